The molecule has 2 aliphatic rings. The van der Waals surface area contributed by atoms with Gasteiger partial charge in [0.25, 0.3) is 5.91 Å². The van der Waals surface area contributed by atoms with Crippen LogP contribution in [0.25, 0.3) is 0 Å². The number of allylic oxidation sites excluding steroid dienone is 1. The fourth-order valence-electron chi connectivity index (χ4n) is 4.73. The van der Waals surface area contributed by atoms with Gasteiger partial charge in [-0.25, -0.2) is 4.79 Å². The minimum Gasteiger partial charge on any atom is -0.493 e. The summed E-state index contributed by atoms with van der Waals surface area (Å²) in [4.78, 5) is 36.8. The molecule has 186 valence electrons. The molecule has 0 radical (unpaired) electrons. The summed E-state index contributed by atoms with van der Waals surface area (Å²) in [5.41, 5.74) is 2.62. The van der Waals surface area contributed by atoms with Crippen LogP contribution in [0, 0.1) is 23.2 Å². The smallest absolute Gasteiger partial charge is 0.327 e. The van der Waals surface area contributed by atoms with Gasteiger partial charge in [0.05, 0.1) is 18.2 Å². The Balaban J connectivity index is 1.55. The number of benzene rings is 2. The highest BCUT2D eigenvalue weighted by atomic mass is 16.5. The third-order valence-corrected chi connectivity index (χ3v) is 6.74. The zero-order valence-corrected chi connectivity index (χ0v) is 20.3. The molecular formula is C28H29N3O5. The molecule has 2 aromatic rings. The molecule has 0 saturated heterocycles. The number of hydrogen-bond donors (Lipinski definition) is 3. The van der Waals surface area contributed by atoms with Crippen LogP contribution >= 0.6 is 0 Å². The van der Waals surface area contributed by atoms with Crippen molar-refractivity contribution >= 4 is 23.5 Å². The highest BCUT2D eigenvalue weighted by molar-refractivity contribution is 5.98. The van der Waals surface area contributed by atoms with E-state index >= 15 is 0 Å². The number of carbonyl (C=O) groups excluding carboxylic acids is 2. The van der Waals surface area contributed by atoms with Gasteiger partial charge in [0.2, 0.25) is 5.91 Å². The lowest BCUT2D eigenvalue weighted by Gasteiger charge is -2.27. The van der Waals surface area contributed by atoms with E-state index in [4.69, 9.17) is 9.84 Å². The fraction of sp³-hybridized carbons (Fsp3) is 0.357. The molecule has 1 aliphatic heterocycles. The molecule has 4 rings (SSSR count). The lowest BCUT2D eigenvalue weighted by Crippen LogP contribution is -2.29. The molecule has 3 N–H and O–H groups in total. The molecule has 1 aliphatic carbocycles. The van der Waals surface area contributed by atoms with Crippen LogP contribution in [-0.4, -0.2) is 36.0 Å². The number of carbonyl (C=O) groups is 3. The zero-order chi connectivity index (χ0) is 25.9. The summed E-state index contributed by atoms with van der Waals surface area (Å²) in [6.45, 7) is 5.13. The molecule has 0 bridgehead atoms. The minimum absolute atomic E-state index is 0.152. The van der Waals surface area contributed by atoms with E-state index in [1.165, 1.54) is 6.08 Å². The summed E-state index contributed by atoms with van der Waals surface area (Å²) >= 11 is 0. The van der Waals surface area contributed by atoms with Gasteiger partial charge in [-0.3, -0.25) is 9.59 Å². The van der Waals surface area contributed by atoms with E-state index in [-0.39, 0.29) is 17.7 Å². The van der Waals surface area contributed by atoms with E-state index in [2.05, 4.69) is 16.7 Å². The first kappa shape index (κ1) is 25.0. The van der Waals surface area contributed by atoms with E-state index in [0.29, 0.717) is 66.5 Å². The molecular weight excluding hydrogens is 458 g/mol. The van der Waals surface area contributed by atoms with Crippen LogP contribution in [0.3, 0.4) is 0 Å². The van der Waals surface area contributed by atoms with E-state index in [1.807, 2.05) is 19.9 Å². The van der Waals surface area contributed by atoms with Gasteiger partial charge in [-0.05, 0) is 61.1 Å². The molecule has 0 unspecified atom stereocenters. The van der Waals surface area contributed by atoms with E-state index < -0.39 is 11.4 Å². The maximum Gasteiger partial charge on any atom is 0.327 e. The zero-order valence-electron chi connectivity index (χ0n) is 20.3. The first-order valence-corrected chi connectivity index (χ1v) is 12.0. The Morgan fingerprint density at radius 3 is 2.78 bits per heavy atom. The van der Waals surface area contributed by atoms with Crippen molar-refractivity contribution in [1.82, 2.24) is 5.32 Å². The van der Waals surface area contributed by atoms with Gasteiger partial charge in [0.15, 0.2) is 0 Å². The van der Waals surface area contributed by atoms with Crippen molar-refractivity contribution in [3.63, 3.8) is 0 Å². The highest BCUT2D eigenvalue weighted by Crippen LogP contribution is 2.61. The molecule has 8 heteroatoms. The number of rotatable bonds is 8. The normalized spacial score (nSPS) is 19.9. The Kier molecular flexibility index (Phi) is 7.11. The maximum absolute atomic E-state index is 13.4. The molecule has 0 aromatic heterocycles. The summed E-state index contributed by atoms with van der Waals surface area (Å²) in [5.74, 6) is -0.645. The second kappa shape index (κ2) is 10.2. The molecule has 2 atom stereocenters. The molecule has 1 fully saturated rings. The number of nitrogens with one attached hydrogen (secondary N) is 2. The monoisotopic (exact) mass is 487 g/mol. The second-order valence-electron chi connectivity index (χ2n) is 9.74. The minimum atomic E-state index is -1.05. The number of carboxylic acids is 1. The van der Waals surface area contributed by atoms with Crippen molar-refractivity contribution in [3.05, 3.63) is 70.8 Å². The third-order valence-electron chi connectivity index (χ3n) is 6.74. The molecule has 1 spiro atoms. The van der Waals surface area contributed by atoms with Crippen LogP contribution in [0.15, 0.2) is 48.6 Å². The van der Waals surface area contributed by atoms with Crippen molar-refractivity contribution in [3.8, 4) is 11.8 Å². The van der Waals surface area contributed by atoms with Gasteiger partial charge in [-0.1, -0.05) is 26.0 Å². The summed E-state index contributed by atoms with van der Waals surface area (Å²) in [6, 6.07) is 12.4. The number of hydrogen-bond acceptors (Lipinski definition) is 5. The molecule has 2 aromatic carbocycles. The number of fused-ring (bicyclic) bond motifs is 2. The van der Waals surface area contributed by atoms with Gasteiger partial charge in [-0.2, -0.15) is 5.26 Å². The van der Waals surface area contributed by atoms with Crippen molar-refractivity contribution < 1.29 is 24.2 Å². The first-order valence-electron chi connectivity index (χ1n) is 12.0. The number of ether oxygens (including phenoxy) is 1. The van der Waals surface area contributed by atoms with Gasteiger partial charge >= 0.3 is 5.97 Å². The van der Waals surface area contributed by atoms with E-state index in [9.17, 15) is 19.6 Å². The van der Waals surface area contributed by atoms with Crippen molar-refractivity contribution in [2.45, 2.75) is 38.5 Å². The number of aliphatic carboxylic acids is 1. The van der Waals surface area contributed by atoms with Gasteiger partial charge in [0.1, 0.15) is 5.75 Å². The quantitative estimate of drug-likeness (QED) is 0.486. The summed E-state index contributed by atoms with van der Waals surface area (Å²) < 4.78 is 5.84. The predicted molar refractivity (Wildman–Crippen MR) is 134 cm³/mol. The van der Waals surface area contributed by atoms with Crippen molar-refractivity contribution in [2.24, 2.45) is 11.8 Å². The first-order chi connectivity index (χ1) is 17.2. The SMILES string of the molecule is CC(C)CNC(=O)c1ccc2c(c1)[C@]1(CCO2)C[C@H]1C(=O)Nc1cc(C#N)ccc1CC=CC(=O)O. The predicted octanol–water partition coefficient (Wildman–Crippen LogP) is 3.81. The summed E-state index contributed by atoms with van der Waals surface area (Å²) in [6.07, 6.45) is 4.15. The van der Waals surface area contributed by atoms with Crippen LogP contribution in [0.4, 0.5) is 5.69 Å². The van der Waals surface area contributed by atoms with Gasteiger partial charge < -0.3 is 20.5 Å². The van der Waals surface area contributed by atoms with Gasteiger partial charge in [0, 0.05) is 40.8 Å². The Morgan fingerprint density at radius 2 is 2.06 bits per heavy atom. The Morgan fingerprint density at radius 1 is 1.25 bits per heavy atom. The fourth-order valence-corrected chi connectivity index (χ4v) is 4.73. The summed E-state index contributed by atoms with van der Waals surface area (Å²) in [7, 11) is 0. The Labute approximate surface area is 210 Å². The van der Waals surface area contributed by atoms with Crippen LogP contribution in [0.1, 0.15) is 53.7 Å². The lowest BCUT2D eigenvalue weighted by atomic mass is 9.86. The number of nitriles is 1. The third kappa shape index (κ3) is 5.25. The summed E-state index contributed by atoms with van der Waals surface area (Å²) in [5, 5.41) is 24.1. The van der Waals surface area contributed by atoms with Crippen LogP contribution in [-0.2, 0) is 21.4 Å². The van der Waals surface area contributed by atoms with Crippen molar-refractivity contribution in [2.75, 3.05) is 18.5 Å². The topological polar surface area (TPSA) is 129 Å². The molecule has 36 heavy (non-hydrogen) atoms. The lowest BCUT2D eigenvalue weighted by molar-refractivity contribution is -0.131. The average Bonchev–Trinajstić information content (AvgIpc) is 3.57. The van der Waals surface area contributed by atoms with Crippen LogP contribution < -0.4 is 15.4 Å². The highest BCUT2D eigenvalue weighted by Gasteiger charge is 2.61. The molecule has 1 saturated carbocycles. The van der Waals surface area contributed by atoms with Crippen LogP contribution in [0.2, 0.25) is 0 Å². The number of nitrogens with zero attached hydrogens (tertiary/aromatic N) is 1. The number of carboxylic acid groups (broad SMARTS) is 1. The Bertz CT molecular complexity index is 1280. The molecule has 8 nitrogen and oxygen atoms in total. The second-order valence-corrected chi connectivity index (χ2v) is 9.74. The van der Waals surface area contributed by atoms with E-state index in [1.54, 1.807) is 30.3 Å². The number of anilines is 1. The van der Waals surface area contributed by atoms with Gasteiger partial charge in [-0.15, -0.1) is 0 Å². The largest absolute Gasteiger partial charge is 0.493 e. The van der Waals surface area contributed by atoms with Crippen LogP contribution in [0.5, 0.6) is 5.75 Å². The van der Waals surface area contributed by atoms with E-state index in [0.717, 1.165) is 11.6 Å². The molecule has 1 heterocycles. The standard InChI is InChI=1S/C28H29N3O5/c1-17(2)16-30-26(34)20-8-9-24-21(13-20)28(10-11-36-24)14-22(28)27(35)31-23-12-18(15-29)6-7-19(23)4-3-5-25(32)33/h3,5-9,12-13,17,22H,4,10-11,14,16H2,1-2H3,(H,30,34)(H,31,35)(H,32,33)/t22-,28-/m0/s1. The average molecular weight is 488 g/mol. The van der Waals surface area contributed by atoms with Crippen molar-refractivity contribution in [1.29, 1.82) is 5.26 Å². The Hall–Kier alpha value is -4.12. The molecule has 2 amide bonds. The maximum atomic E-state index is 13.4. The number of amides is 2.